The van der Waals surface area contributed by atoms with E-state index in [2.05, 4.69) is 122 Å². The Bertz CT molecular complexity index is 1240. The third kappa shape index (κ3) is 3.71. The van der Waals surface area contributed by atoms with Gasteiger partial charge in [0, 0.05) is 12.4 Å². The zero-order valence-electron chi connectivity index (χ0n) is 17.7. The van der Waals surface area contributed by atoms with Gasteiger partial charge in [0.15, 0.2) is 0 Å². The summed E-state index contributed by atoms with van der Waals surface area (Å²) in [6.45, 7) is -0.154. The van der Waals surface area contributed by atoms with E-state index in [4.69, 9.17) is 17.2 Å². The Morgan fingerprint density at radius 1 is 0.625 bits per heavy atom. The molecule has 4 aromatic carbocycles. The smallest absolute Gasteiger partial charge is 0.110 e. The van der Waals surface area contributed by atoms with E-state index >= 15 is 0 Å². The third-order valence-corrected chi connectivity index (χ3v) is 11.4. The Balaban J connectivity index is 1.91. The zero-order chi connectivity index (χ0) is 22.0. The highest BCUT2D eigenvalue weighted by atomic mass is 32.2. The minimum Gasteiger partial charge on any atom is -0.238 e. The predicted molar refractivity (Wildman–Crippen MR) is 148 cm³/mol. The third-order valence-electron chi connectivity index (χ3n) is 5.63. The lowest BCUT2D eigenvalue weighted by Crippen LogP contribution is -2.30. The first-order chi connectivity index (χ1) is 15.7. The van der Waals surface area contributed by atoms with Crippen molar-refractivity contribution in [2.45, 2.75) is 6.92 Å². The summed E-state index contributed by atoms with van der Waals surface area (Å²) in [5, 5.41) is 4.79. The molecule has 1 aliphatic rings. The van der Waals surface area contributed by atoms with Crippen LogP contribution in [0.15, 0.2) is 120 Å². The number of thioether (sulfide) groups is 1. The van der Waals surface area contributed by atoms with Crippen LogP contribution in [0.3, 0.4) is 0 Å². The van der Waals surface area contributed by atoms with E-state index in [0.29, 0.717) is 0 Å². The number of aliphatic imine (C=N–C) groups is 1. The van der Waals surface area contributed by atoms with Crippen molar-refractivity contribution in [3.05, 3.63) is 126 Å². The predicted octanol–water partition coefficient (Wildman–Crippen LogP) is 5.94. The van der Waals surface area contributed by atoms with E-state index in [9.17, 15) is 0 Å². The van der Waals surface area contributed by atoms with Gasteiger partial charge in [-0.15, -0.1) is 0 Å². The van der Waals surface area contributed by atoms with Crippen LogP contribution in [0.4, 0.5) is 0 Å². The van der Waals surface area contributed by atoms with Crippen molar-refractivity contribution >= 4 is 61.4 Å². The molecule has 0 aromatic heterocycles. The quantitative estimate of drug-likeness (QED) is 0.272. The maximum Gasteiger partial charge on any atom is 0.110 e. The van der Waals surface area contributed by atoms with E-state index in [1.165, 1.54) is 21.5 Å². The zero-order valence-corrected chi connectivity index (χ0v) is 20.2. The molecule has 0 fully saturated rings. The van der Waals surface area contributed by atoms with E-state index in [0.717, 1.165) is 20.2 Å². The van der Waals surface area contributed by atoms with E-state index < -0.39 is 6.89 Å². The fourth-order valence-electron chi connectivity index (χ4n) is 4.10. The van der Waals surface area contributed by atoms with Gasteiger partial charge in [0.2, 0.25) is 0 Å². The van der Waals surface area contributed by atoms with Crippen molar-refractivity contribution in [1.29, 1.82) is 0 Å². The van der Waals surface area contributed by atoms with Gasteiger partial charge >= 0.3 is 0 Å². The summed E-state index contributed by atoms with van der Waals surface area (Å²) in [7, 11) is 0. The topological polar surface area (TPSA) is 12.4 Å². The van der Waals surface area contributed by atoms with Crippen LogP contribution in [0.5, 0.6) is 0 Å². The van der Waals surface area contributed by atoms with Gasteiger partial charge < -0.3 is 0 Å². The van der Waals surface area contributed by atoms with Crippen molar-refractivity contribution in [3.8, 4) is 0 Å². The Morgan fingerprint density at radius 3 is 1.50 bits per heavy atom. The SMILES string of the molecule is Cc1ccc(C2=NC(=P(c3ccccc3)(c3ccccc3)c3ccccc3)C(=S)S2)cc1. The number of benzene rings is 4. The summed E-state index contributed by atoms with van der Waals surface area (Å²) in [6.07, 6.45) is 0. The number of aryl methyl sites for hydroxylation is 1. The minimum atomic E-state index is -2.26. The van der Waals surface area contributed by atoms with Crippen molar-refractivity contribution in [2.24, 2.45) is 4.99 Å². The lowest BCUT2D eigenvalue weighted by atomic mass is 10.2. The summed E-state index contributed by atoms with van der Waals surface area (Å²) >= 11 is 7.65. The van der Waals surface area contributed by atoms with Crippen LogP contribution in [0.2, 0.25) is 0 Å². The van der Waals surface area contributed by atoms with E-state index in [1.54, 1.807) is 11.8 Å². The molecule has 32 heavy (non-hydrogen) atoms. The van der Waals surface area contributed by atoms with Gasteiger partial charge in [-0.25, -0.2) is 4.99 Å². The van der Waals surface area contributed by atoms with E-state index in [1.807, 2.05) is 0 Å². The average Bonchev–Trinajstić information content (AvgIpc) is 3.24. The summed E-state index contributed by atoms with van der Waals surface area (Å²) < 4.78 is 0.866. The lowest BCUT2D eigenvalue weighted by molar-refractivity contribution is 1.46. The number of hydrogen-bond donors (Lipinski definition) is 0. The molecular formula is C28H22NPS2. The Labute approximate surface area is 199 Å². The number of thiocarbonyl (C=S) groups is 1. The van der Waals surface area contributed by atoms with E-state index in [-0.39, 0.29) is 0 Å². The Kier molecular flexibility index (Phi) is 5.97. The first-order valence-electron chi connectivity index (χ1n) is 10.5. The Morgan fingerprint density at radius 2 is 1.06 bits per heavy atom. The summed E-state index contributed by atoms with van der Waals surface area (Å²) in [5.74, 6) is 0. The second-order valence-corrected chi connectivity index (χ2v) is 12.7. The highest BCUT2D eigenvalue weighted by Crippen LogP contribution is 2.49. The largest absolute Gasteiger partial charge is 0.238 e. The minimum absolute atomic E-state index is 0.866. The molecule has 0 N–H and O–H groups in total. The first-order valence-corrected chi connectivity index (χ1v) is 13.5. The standard InChI is InChI=1S/C28H22NPS2/c1-21-17-19-22(20-18-21)27-29-26(28(31)32-27)30(23-11-5-2-6-12-23,24-13-7-3-8-14-24)25-15-9-4-10-16-25/h2-20H,1H3. The number of rotatable bonds is 4. The Hall–Kier alpha value is -2.71. The van der Waals surface area contributed by atoms with Crippen LogP contribution in [-0.2, 0) is 0 Å². The highest BCUT2D eigenvalue weighted by molar-refractivity contribution is 8.37. The fourth-order valence-corrected chi connectivity index (χ4v) is 10.1. The molecule has 0 unspecified atom stereocenters. The second-order valence-electron chi connectivity index (χ2n) is 7.67. The van der Waals surface area contributed by atoms with Gasteiger partial charge in [-0.1, -0.05) is 145 Å². The van der Waals surface area contributed by atoms with Gasteiger partial charge in [0.05, 0.1) is 5.42 Å². The average molecular weight is 468 g/mol. The van der Waals surface area contributed by atoms with Crippen molar-refractivity contribution in [3.63, 3.8) is 0 Å². The van der Waals surface area contributed by atoms with Gasteiger partial charge in [-0.3, -0.25) is 0 Å². The molecule has 0 atom stereocenters. The van der Waals surface area contributed by atoms with Gasteiger partial charge in [-0.2, -0.15) is 0 Å². The van der Waals surface area contributed by atoms with Crippen LogP contribution in [0.1, 0.15) is 11.1 Å². The highest BCUT2D eigenvalue weighted by Gasteiger charge is 2.35. The van der Waals surface area contributed by atoms with Gasteiger partial charge in [0.25, 0.3) is 0 Å². The van der Waals surface area contributed by atoms with Crippen molar-refractivity contribution < 1.29 is 0 Å². The molecule has 0 saturated carbocycles. The van der Waals surface area contributed by atoms with Gasteiger partial charge in [0.1, 0.15) is 9.24 Å². The molecule has 0 spiro atoms. The molecule has 5 rings (SSSR count). The maximum absolute atomic E-state index is 6.03. The normalized spacial score (nSPS) is 13.8. The molecule has 0 saturated heterocycles. The molecule has 4 heteroatoms. The maximum atomic E-state index is 6.03. The molecule has 0 amide bonds. The number of hydrogen-bond acceptors (Lipinski definition) is 2. The van der Waals surface area contributed by atoms with Crippen LogP contribution >= 0.6 is 30.9 Å². The number of nitrogens with zero attached hydrogens (tertiary/aromatic N) is 1. The van der Waals surface area contributed by atoms with Crippen LogP contribution in [-0.4, -0.2) is 14.7 Å². The molecule has 1 heterocycles. The summed E-state index contributed by atoms with van der Waals surface area (Å²) in [6, 6.07) is 40.8. The van der Waals surface area contributed by atoms with Gasteiger partial charge in [-0.05, 0) is 22.8 Å². The molecular weight excluding hydrogens is 445 g/mol. The van der Waals surface area contributed by atoms with Crippen LogP contribution in [0.25, 0.3) is 0 Å². The second kappa shape index (κ2) is 9.03. The molecule has 0 bridgehead atoms. The lowest BCUT2D eigenvalue weighted by Gasteiger charge is -2.30. The molecule has 0 aliphatic carbocycles. The molecule has 156 valence electrons. The van der Waals surface area contributed by atoms with Crippen LogP contribution in [0, 0.1) is 6.92 Å². The van der Waals surface area contributed by atoms with Crippen molar-refractivity contribution in [2.75, 3.05) is 0 Å². The summed E-state index contributed by atoms with van der Waals surface area (Å²) in [5.41, 5.74) is 3.38. The molecule has 0 radical (unpaired) electrons. The fraction of sp³-hybridized carbons (Fsp3) is 0.0357. The molecule has 4 aromatic rings. The molecule has 1 nitrogen and oxygen atoms in total. The monoisotopic (exact) mass is 467 g/mol. The first kappa shape index (κ1) is 21.2. The van der Waals surface area contributed by atoms with Crippen molar-refractivity contribution in [1.82, 2.24) is 0 Å². The summed E-state index contributed by atoms with van der Waals surface area (Å²) in [4.78, 5) is 5.28. The van der Waals surface area contributed by atoms with Crippen LogP contribution < -0.4 is 15.9 Å². The molecule has 1 aliphatic heterocycles.